The summed E-state index contributed by atoms with van der Waals surface area (Å²) in [5, 5.41) is 4.87. The molecule has 1 fully saturated rings. The van der Waals surface area contributed by atoms with E-state index in [4.69, 9.17) is 37.4 Å². The number of aromatic nitrogens is 3. The van der Waals surface area contributed by atoms with Crippen molar-refractivity contribution in [2.45, 2.75) is 20.3 Å². The van der Waals surface area contributed by atoms with E-state index in [-0.39, 0.29) is 18.2 Å². The molecular formula is C27H25Cl2N5O4. The molecule has 0 radical (unpaired) electrons. The predicted molar refractivity (Wildman–Crippen MR) is 145 cm³/mol. The normalized spacial score (nSPS) is 14.0. The molecule has 0 unspecified atom stereocenters. The van der Waals surface area contributed by atoms with Gasteiger partial charge in [0.25, 0.3) is 5.91 Å². The summed E-state index contributed by atoms with van der Waals surface area (Å²) in [6, 6.07) is 12.5. The van der Waals surface area contributed by atoms with Gasteiger partial charge >= 0.3 is 5.97 Å². The Labute approximate surface area is 229 Å². The summed E-state index contributed by atoms with van der Waals surface area (Å²) < 4.78 is 10.7. The van der Waals surface area contributed by atoms with Gasteiger partial charge in [-0.15, -0.1) is 0 Å². The lowest BCUT2D eigenvalue weighted by Gasteiger charge is -2.24. The fourth-order valence-electron chi connectivity index (χ4n) is 4.56. The number of nitrogens with zero attached hydrogens (tertiary/aromatic N) is 5. The number of esters is 1. The number of carbonyl (C=O) groups is 2. The molecule has 0 saturated carbocycles. The van der Waals surface area contributed by atoms with Crippen LogP contribution in [-0.2, 0) is 4.74 Å². The largest absolute Gasteiger partial charge is 0.461 e. The van der Waals surface area contributed by atoms with Gasteiger partial charge in [0.2, 0.25) is 0 Å². The average molecular weight is 554 g/mol. The SMILES string of the molecule is CCOC(=O)c1nc2ccccc2nc1N1CCCN(C(=O)c2c(-c3c(Cl)cccc3Cl)noc2C)CC1. The van der Waals surface area contributed by atoms with Crippen LogP contribution in [0.5, 0.6) is 0 Å². The molecule has 38 heavy (non-hydrogen) atoms. The van der Waals surface area contributed by atoms with Crippen molar-refractivity contribution in [1.29, 1.82) is 0 Å². The molecular weight excluding hydrogens is 529 g/mol. The van der Waals surface area contributed by atoms with Crippen LogP contribution in [0.3, 0.4) is 0 Å². The van der Waals surface area contributed by atoms with Gasteiger partial charge in [-0.25, -0.2) is 14.8 Å². The third kappa shape index (κ3) is 4.91. The van der Waals surface area contributed by atoms with E-state index in [0.29, 0.717) is 82.1 Å². The third-order valence-electron chi connectivity index (χ3n) is 6.38. The zero-order valence-corrected chi connectivity index (χ0v) is 22.4. The Hall–Kier alpha value is -3.69. The second-order valence-electron chi connectivity index (χ2n) is 8.80. The molecule has 1 aliphatic heterocycles. The van der Waals surface area contributed by atoms with Crippen LogP contribution in [0.4, 0.5) is 5.82 Å². The van der Waals surface area contributed by atoms with E-state index in [2.05, 4.69) is 10.1 Å². The van der Waals surface area contributed by atoms with Crippen molar-refractivity contribution < 1.29 is 18.8 Å². The van der Waals surface area contributed by atoms with Gasteiger partial charge in [-0.3, -0.25) is 4.79 Å². The van der Waals surface area contributed by atoms with Crippen LogP contribution >= 0.6 is 23.2 Å². The lowest BCUT2D eigenvalue weighted by molar-refractivity contribution is 0.0520. The van der Waals surface area contributed by atoms with Gasteiger partial charge in [0, 0.05) is 31.7 Å². The van der Waals surface area contributed by atoms with Crippen LogP contribution in [-0.4, -0.2) is 64.7 Å². The van der Waals surface area contributed by atoms with Gasteiger partial charge in [-0.2, -0.15) is 0 Å². The molecule has 1 saturated heterocycles. The van der Waals surface area contributed by atoms with Crippen LogP contribution in [0.2, 0.25) is 10.0 Å². The molecule has 11 heteroatoms. The number of aryl methyl sites for hydroxylation is 1. The molecule has 0 N–H and O–H groups in total. The third-order valence-corrected chi connectivity index (χ3v) is 7.01. The van der Waals surface area contributed by atoms with Crippen molar-refractivity contribution >= 4 is 51.9 Å². The van der Waals surface area contributed by atoms with Gasteiger partial charge in [0.05, 0.1) is 27.7 Å². The van der Waals surface area contributed by atoms with Gasteiger partial charge in [-0.1, -0.05) is 46.6 Å². The molecule has 5 rings (SSSR count). The Kier molecular flexibility index (Phi) is 7.49. The van der Waals surface area contributed by atoms with Crippen LogP contribution in [0.1, 0.15) is 40.0 Å². The molecule has 0 aliphatic carbocycles. The van der Waals surface area contributed by atoms with Crippen LogP contribution in [0.25, 0.3) is 22.3 Å². The number of ether oxygens (including phenoxy) is 1. The summed E-state index contributed by atoms with van der Waals surface area (Å²) in [7, 11) is 0. The van der Waals surface area contributed by atoms with Crippen LogP contribution < -0.4 is 4.90 Å². The van der Waals surface area contributed by atoms with E-state index in [1.807, 2.05) is 29.2 Å². The molecule has 0 atom stereocenters. The fourth-order valence-corrected chi connectivity index (χ4v) is 5.13. The molecule has 2 aromatic carbocycles. The number of amides is 1. The smallest absolute Gasteiger partial charge is 0.360 e. The number of para-hydroxylation sites is 2. The van der Waals surface area contributed by atoms with Crippen molar-refractivity contribution in [3.8, 4) is 11.3 Å². The minimum absolute atomic E-state index is 0.163. The Morgan fingerprint density at radius 2 is 1.68 bits per heavy atom. The molecule has 0 bridgehead atoms. The predicted octanol–water partition coefficient (Wildman–Crippen LogP) is 5.43. The number of rotatable bonds is 5. The highest BCUT2D eigenvalue weighted by atomic mass is 35.5. The monoisotopic (exact) mass is 553 g/mol. The molecule has 3 heterocycles. The number of carbonyl (C=O) groups excluding carboxylic acids is 2. The van der Waals surface area contributed by atoms with Crippen LogP contribution in [0, 0.1) is 6.92 Å². The first kappa shape index (κ1) is 25.9. The number of hydrogen-bond donors (Lipinski definition) is 0. The van der Waals surface area contributed by atoms with E-state index in [9.17, 15) is 9.59 Å². The lowest BCUT2D eigenvalue weighted by Crippen LogP contribution is -2.36. The molecule has 0 spiro atoms. The highest BCUT2D eigenvalue weighted by Crippen LogP contribution is 2.37. The lowest BCUT2D eigenvalue weighted by atomic mass is 10.0. The number of hydrogen-bond acceptors (Lipinski definition) is 8. The summed E-state index contributed by atoms with van der Waals surface area (Å²) in [4.78, 5) is 39.6. The Morgan fingerprint density at radius 1 is 0.974 bits per heavy atom. The maximum absolute atomic E-state index is 13.7. The van der Waals surface area contributed by atoms with Gasteiger partial charge < -0.3 is 19.1 Å². The number of anilines is 1. The van der Waals surface area contributed by atoms with Crippen molar-refractivity contribution in [3.05, 3.63) is 69.5 Å². The Balaban J connectivity index is 1.44. The summed E-state index contributed by atoms with van der Waals surface area (Å²) in [5.41, 5.74) is 2.54. The van der Waals surface area contributed by atoms with E-state index < -0.39 is 5.97 Å². The zero-order chi connectivity index (χ0) is 26.8. The summed E-state index contributed by atoms with van der Waals surface area (Å²) in [6.07, 6.45) is 0.648. The highest BCUT2D eigenvalue weighted by molar-refractivity contribution is 6.39. The van der Waals surface area contributed by atoms with Crippen LogP contribution in [0.15, 0.2) is 47.0 Å². The summed E-state index contributed by atoms with van der Waals surface area (Å²) in [6.45, 7) is 5.56. The summed E-state index contributed by atoms with van der Waals surface area (Å²) >= 11 is 12.8. The van der Waals surface area contributed by atoms with Crippen molar-refractivity contribution in [3.63, 3.8) is 0 Å². The Bertz CT molecular complexity index is 1500. The van der Waals surface area contributed by atoms with Gasteiger partial charge in [0.1, 0.15) is 17.0 Å². The molecule has 4 aromatic rings. The van der Waals surface area contributed by atoms with Gasteiger partial charge in [-0.05, 0) is 44.5 Å². The maximum Gasteiger partial charge on any atom is 0.360 e. The highest BCUT2D eigenvalue weighted by Gasteiger charge is 2.31. The number of fused-ring (bicyclic) bond motifs is 1. The second kappa shape index (κ2) is 11.0. The second-order valence-corrected chi connectivity index (χ2v) is 9.61. The number of benzene rings is 2. The van der Waals surface area contributed by atoms with E-state index >= 15 is 0 Å². The van der Waals surface area contributed by atoms with Crippen molar-refractivity contribution in [1.82, 2.24) is 20.0 Å². The molecule has 2 aromatic heterocycles. The topological polar surface area (TPSA) is 102 Å². The van der Waals surface area contributed by atoms with Gasteiger partial charge in [0.15, 0.2) is 11.5 Å². The van der Waals surface area contributed by atoms with Crippen molar-refractivity contribution in [2.75, 3.05) is 37.7 Å². The standard InChI is InChI=1S/C27H25Cl2N5O4/c1-3-37-27(36)24-25(31-20-11-5-4-10-19(20)30-24)33-12-7-13-34(15-14-33)26(35)21-16(2)38-32-23(21)22-17(28)8-6-9-18(22)29/h4-6,8-11H,3,7,12-15H2,1-2H3. The average Bonchev–Trinajstić information content (AvgIpc) is 3.11. The quantitative estimate of drug-likeness (QED) is 0.301. The minimum Gasteiger partial charge on any atom is -0.461 e. The summed E-state index contributed by atoms with van der Waals surface area (Å²) in [5.74, 6) is 0.0688. The maximum atomic E-state index is 13.7. The first-order chi connectivity index (χ1) is 18.4. The van der Waals surface area contributed by atoms with E-state index in [0.717, 1.165) is 0 Å². The van der Waals surface area contributed by atoms with Crippen molar-refractivity contribution in [2.24, 2.45) is 0 Å². The van der Waals surface area contributed by atoms with E-state index in [1.54, 1.807) is 36.9 Å². The molecule has 1 amide bonds. The molecule has 1 aliphatic rings. The molecule has 9 nitrogen and oxygen atoms in total. The molecule has 196 valence electrons. The number of halogens is 2. The first-order valence-corrected chi connectivity index (χ1v) is 13.0. The Morgan fingerprint density at radius 3 is 2.39 bits per heavy atom. The minimum atomic E-state index is -0.528. The fraction of sp³-hybridized carbons (Fsp3) is 0.296. The zero-order valence-electron chi connectivity index (χ0n) is 20.9. The first-order valence-electron chi connectivity index (χ1n) is 12.3. The van der Waals surface area contributed by atoms with E-state index in [1.165, 1.54) is 0 Å².